The summed E-state index contributed by atoms with van der Waals surface area (Å²) in [6.45, 7) is 3.76. The van der Waals surface area contributed by atoms with Crippen LogP contribution in [0, 0.1) is 0 Å². The maximum Gasteiger partial charge on any atom is 0.128 e. The molecular formula is C9H9NS2. The highest BCUT2D eigenvalue weighted by Gasteiger charge is 2.24. The standard InChI is InChI=1S/C9H9NS2/c1-2-10-7-5-3-4-6-8(7)12-9(10)11/h2-6,9,11H,1H2. The van der Waals surface area contributed by atoms with E-state index in [0.717, 1.165) is 0 Å². The van der Waals surface area contributed by atoms with Gasteiger partial charge in [0.2, 0.25) is 0 Å². The third-order valence-electron chi connectivity index (χ3n) is 1.81. The molecule has 0 N–H and O–H groups in total. The average molecular weight is 195 g/mol. The molecule has 0 aliphatic carbocycles. The van der Waals surface area contributed by atoms with E-state index in [2.05, 4.69) is 36.2 Å². The predicted octanol–water partition coefficient (Wildman–Crippen LogP) is 2.96. The van der Waals surface area contributed by atoms with Crippen LogP contribution in [-0.2, 0) is 0 Å². The third-order valence-corrected chi connectivity index (χ3v) is 3.41. The van der Waals surface area contributed by atoms with E-state index in [-0.39, 0.29) is 4.71 Å². The fourth-order valence-electron chi connectivity index (χ4n) is 1.25. The number of anilines is 1. The van der Waals surface area contributed by atoms with Gasteiger partial charge >= 0.3 is 0 Å². The van der Waals surface area contributed by atoms with Gasteiger partial charge in [0.05, 0.1) is 5.69 Å². The van der Waals surface area contributed by atoms with Gasteiger partial charge in [-0.3, -0.25) is 0 Å². The predicted molar refractivity (Wildman–Crippen MR) is 57.7 cm³/mol. The SMILES string of the molecule is C=CN1c2ccccc2SC1S. The van der Waals surface area contributed by atoms with Crippen molar-refractivity contribution in [1.29, 1.82) is 0 Å². The normalized spacial score (nSPS) is 20.8. The second-order valence-corrected chi connectivity index (χ2v) is 4.46. The van der Waals surface area contributed by atoms with Crippen LogP contribution in [-0.4, -0.2) is 4.71 Å². The molecule has 0 spiro atoms. The monoisotopic (exact) mass is 195 g/mol. The number of hydrogen-bond acceptors (Lipinski definition) is 3. The molecule has 0 aromatic heterocycles. The van der Waals surface area contributed by atoms with E-state index in [1.165, 1.54) is 10.6 Å². The van der Waals surface area contributed by atoms with Crippen molar-refractivity contribution in [2.45, 2.75) is 9.60 Å². The maximum atomic E-state index is 4.43. The lowest BCUT2D eigenvalue weighted by Gasteiger charge is -2.16. The van der Waals surface area contributed by atoms with E-state index >= 15 is 0 Å². The fraction of sp³-hybridized carbons (Fsp3) is 0.111. The highest BCUT2D eigenvalue weighted by molar-refractivity contribution is 8.11. The van der Waals surface area contributed by atoms with Gasteiger partial charge in [-0.15, -0.1) is 12.6 Å². The van der Waals surface area contributed by atoms with Crippen molar-refractivity contribution in [3.8, 4) is 0 Å². The summed E-state index contributed by atoms with van der Waals surface area (Å²) in [6.07, 6.45) is 1.82. The molecule has 1 nitrogen and oxygen atoms in total. The summed E-state index contributed by atoms with van der Waals surface area (Å²) in [6, 6.07) is 8.26. The van der Waals surface area contributed by atoms with Crippen molar-refractivity contribution < 1.29 is 0 Å². The summed E-state index contributed by atoms with van der Waals surface area (Å²) in [5, 5.41) is 0. The van der Waals surface area contributed by atoms with Crippen molar-refractivity contribution in [3.63, 3.8) is 0 Å². The summed E-state index contributed by atoms with van der Waals surface area (Å²) in [5.41, 5.74) is 1.21. The van der Waals surface area contributed by atoms with Crippen LogP contribution in [0.5, 0.6) is 0 Å². The Hall–Kier alpha value is -0.540. The molecule has 0 amide bonds. The van der Waals surface area contributed by atoms with Crippen LogP contribution in [0.2, 0.25) is 0 Å². The number of thioether (sulfide) groups is 1. The van der Waals surface area contributed by atoms with Gasteiger partial charge in [0.15, 0.2) is 0 Å². The summed E-state index contributed by atoms with van der Waals surface area (Å²) >= 11 is 6.17. The molecule has 1 unspecified atom stereocenters. The maximum absolute atomic E-state index is 4.43. The number of nitrogens with zero attached hydrogens (tertiary/aromatic N) is 1. The largest absolute Gasteiger partial charge is 0.326 e. The minimum absolute atomic E-state index is 0.180. The molecule has 1 aliphatic heterocycles. The Morgan fingerprint density at radius 2 is 2.25 bits per heavy atom. The Kier molecular flexibility index (Phi) is 2.07. The number of fused-ring (bicyclic) bond motifs is 1. The average Bonchev–Trinajstić information content (AvgIpc) is 2.40. The van der Waals surface area contributed by atoms with Crippen LogP contribution in [0.15, 0.2) is 41.9 Å². The number of rotatable bonds is 1. The minimum Gasteiger partial charge on any atom is -0.326 e. The second kappa shape index (κ2) is 3.07. The van der Waals surface area contributed by atoms with Gasteiger partial charge in [-0.2, -0.15) is 0 Å². The molecule has 2 rings (SSSR count). The van der Waals surface area contributed by atoms with E-state index < -0.39 is 0 Å². The van der Waals surface area contributed by atoms with Crippen LogP contribution in [0.4, 0.5) is 5.69 Å². The minimum atomic E-state index is 0.180. The third kappa shape index (κ3) is 1.13. The Morgan fingerprint density at radius 1 is 1.50 bits per heavy atom. The van der Waals surface area contributed by atoms with Crippen LogP contribution >= 0.6 is 24.4 Å². The van der Waals surface area contributed by atoms with Crippen molar-refractivity contribution in [1.82, 2.24) is 0 Å². The molecule has 3 heteroatoms. The smallest absolute Gasteiger partial charge is 0.128 e. The molecule has 1 aliphatic rings. The molecule has 0 fully saturated rings. The van der Waals surface area contributed by atoms with E-state index in [9.17, 15) is 0 Å². The van der Waals surface area contributed by atoms with Gasteiger partial charge in [0, 0.05) is 4.90 Å². The molecule has 0 saturated heterocycles. The number of thiol groups is 1. The van der Waals surface area contributed by atoms with Gasteiger partial charge in [0.25, 0.3) is 0 Å². The Morgan fingerprint density at radius 3 is 3.00 bits per heavy atom. The lowest BCUT2D eigenvalue weighted by atomic mass is 10.3. The molecule has 0 bridgehead atoms. The van der Waals surface area contributed by atoms with Crippen molar-refractivity contribution in [2.24, 2.45) is 0 Å². The summed E-state index contributed by atoms with van der Waals surface area (Å²) in [7, 11) is 0. The topological polar surface area (TPSA) is 3.24 Å². The first-order chi connectivity index (χ1) is 5.83. The number of hydrogen-bond donors (Lipinski definition) is 1. The van der Waals surface area contributed by atoms with Crippen molar-refractivity contribution >= 4 is 30.1 Å². The fourth-order valence-corrected chi connectivity index (χ4v) is 2.80. The van der Waals surface area contributed by atoms with E-state index in [1.807, 2.05) is 18.3 Å². The van der Waals surface area contributed by atoms with Gasteiger partial charge in [-0.1, -0.05) is 30.5 Å². The molecular weight excluding hydrogens is 186 g/mol. The summed E-state index contributed by atoms with van der Waals surface area (Å²) in [4.78, 5) is 3.33. The van der Waals surface area contributed by atoms with Gasteiger partial charge in [-0.05, 0) is 18.3 Å². The zero-order valence-electron chi connectivity index (χ0n) is 6.47. The first kappa shape index (κ1) is 8.08. The van der Waals surface area contributed by atoms with Crippen molar-refractivity contribution in [3.05, 3.63) is 37.0 Å². The second-order valence-electron chi connectivity index (χ2n) is 2.50. The van der Waals surface area contributed by atoms with Crippen LogP contribution in [0.3, 0.4) is 0 Å². The van der Waals surface area contributed by atoms with Gasteiger partial charge < -0.3 is 4.90 Å². The Balaban J connectivity index is 2.47. The van der Waals surface area contributed by atoms with E-state index in [4.69, 9.17) is 0 Å². The molecule has 1 heterocycles. The number of para-hydroxylation sites is 1. The lowest BCUT2D eigenvalue weighted by molar-refractivity contribution is 1.14. The zero-order valence-corrected chi connectivity index (χ0v) is 8.18. The Labute approximate surface area is 81.9 Å². The molecule has 1 atom stereocenters. The molecule has 62 valence electrons. The molecule has 1 aromatic carbocycles. The molecule has 12 heavy (non-hydrogen) atoms. The van der Waals surface area contributed by atoms with Crippen molar-refractivity contribution in [2.75, 3.05) is 4.90 Å². The summed E-state index contributed by atoms with van der Waals surface area (Å²) < 4.78 is 0.180. The van der Waals surface area contributed by atoms with E-state index in [0.29, 0.717) is 0 Å². The summed E-state index contributed by atoms with van der Waals surface area (Å²) in [5.74, 6) is 0. The zero-order chi connectivity index (χ0) is 8.55. The van der Waals surface area contributed by atoms with Crippen LogP contribution in [0.25, 0.3) is 0 Å². The molecule has 0 radical (unpaired) electrons. The first-order valence-electron chi connectivity index (χ1n) is 3.67. The van der Waals surface area contributed by atoms with Crippen LogP contribution in [0.1, 0.15) is 0 Å². The molecule has 1 aromatic rings. The quantitative estimate of drug-likeness (QED) is 0.686. The first-order valence-corrected chi connectivity index (χ1v) is 5.07. The highest BCUT2D eigenvalue weighted by Crippen LogP contribution is 2.44. The van der Waals surface area contributed by atoms with Crippen LogP contribution < -0.4 is 4.90 Å². The lowest BCUT2D eigenvalue weighted by Crippen LogP contribution is -2.16. The highest BCUT2D eigenvalue weighted by atomic mass is 32.2. The van der Waals surface area contributed by atoms with Gasteiger partial charge in [-0.25, -0.2) is 0 Å². The van der Waals surface area contributed by atoms with E-state index in [1.54, 1.807) is 11.8 Å². The van der Waals surface area contributed by atoms with Gasteiger partial charge in [0.1, 0.15) is 4.71 Å². The molecule has 0 saturated carbocycles. The number of benzene rings is 1. The Bertz CT molecular complexity index is 311.